The van der Waals surface area contributed by atoms with E-state index in [1.54, 1.807) is 12.3 Å². The Labute approximate surface area is 228 Å². The first kappa shape index (κ1) is 28.5. The molecule has 11 nitrogen and oxygen atoms in total. The number of carboxylic acids is 1. The third-order valence-corrected chi connectivity index (χ3v) is 7.50. The Morgan fingerprint density at radius 1 is 1.23 bits per heavy atom. The number of carbonyl (C=O) groups is 1. The van der Waals surface area contributed by atoms with Crippen LogP contribution in [-0.2, 0) is 34.2 Å². The highest BCUT2D eigenvalue weighted by Gasteiger charge is 2.29. The summed E-state index contributed by atoms with van der Waals surface area (Å²) in [4.78, 5) is 15.5. The van der Waals surface area contributed by atoms with Gasteiger partial charge in [0, 0.05) is 49.6 Å². The third kappa shape index (κ3) is 7.55. The number of rotatable bonds is 10. The van der Waals surface area contributed by atoms with Gasteiger partial charge in [-0.05, 0) is 68.3 Å². The molecule has 0 aliphatic heterocycles. The molecular formula is C27H36N6O5S. The van der Waals surface area contributed by atoms with Crippen molar-refractivity contribution in [1.82, 2.24) is 19.7 Å². The number of hydrogen-bond acceptors (Lipinski definition) is 8. The van der Waals surface area contributed by atoms with Gasteiger partial charge in [-0.2, -0.15) is 5.10 Å². The fraction of sp³-hybridized carbons (Fsp3) is 0.444. The molecule has 5 rings (SSSR count). The average Bonchev–Trinajstić information content (AvgIpc) is 3.42. The minimum absolute atomic E-state index is 0.0638. The number of fused-ring (bicyclic) bond motifs is 1. The SMILES string of the molecule is CC(=O)O.CN(CCCOc1cc(-c2ccc3c(c2N)CCC3)ccn1)Cc1cc(S(N)(=O)=O)nn1C1CC1. The summed E-state index contributed by atoms with van der Waals surface area (Å²) in [6.45, 7) is 2.97. The molecule has 2 aliphatic rings. The van der Waals surface area contributed by atoms with Gasteiger partial charge in [0.15, 0.2) is 5.03 Å². The van der Waals surface area contributed by atoms with E-state index in [2.05, 4.69) is 27.1 Å². The van der Waals surface area contributed by atoms with E-state index in [1.807, 2.05) is 23.9 Å². The summed E-state index contributed by atoms with van der Waals surface area (Å²) < 4.78 is 31.2. The molecule has 0 unspecified atom stereocenters. The van der Waals surface area contributed by atoms with Crippen LogP contribution in [0.5, 0.6) is 5.88 Å². The van der Waals surface area contributed by atoms with E-state index in [0.29, 0.717) is 19.0 Å². The van der Waals surface area contributed by atoms with Gasteiger partial charge in [-0.1, -0.05) is 12.1 Å². The van der Waals surface area contributed by atoms with E-state index in [4.69, 9.17) is 25.5 Å². The molecule has 1 saturated carbocycles. The number of nitrogens with zero attached hydrogens (tertiary/aromatic N) is 4. The quantitative estimate of drug-likeness (QED) is 0.251. The molecule has 0 bridgehead atoms. The van der Waals surface area contributed by atoms with Gasteiger partial charge in [-0.3, -0.25) is 9.48 Å². The first-order chi connectivity index (χ1) is 18.5. The van der Waals surface area contributed by atoms with Crippen molar-refractivity contribution < 1.29 is 23.1 Å². The molecule has 1 fully saturated rings. The Kier molecular flexibility index (Phi) is 8.88. The Bertz CT molecular complexity index is 1430. The van der Waals surface area contributed by atoms with E-state index in [1.165, 1.54) is 17.5 Å². The number of aromatic nitrogens is 3. The van der Waals surface area contributed by atoms with Crippen molar-refractivity contribution in [2.24, 2.45) is 5.14 Å². The number of carboxylic acid groups (broad SMARTS) is 1. The van der Waals surface area contributed by atoms with Crippen molar-refractivity contribution in [1.29, 1.82) is 0 Å². The lowest BCUT2D eigenvalue weighted by Crippen LogP contribution is -2.22. The molecule has 1 aromatic carbocycles. The van der Waals surface area contributed by atoms with Gasteiger partial charge in [0.25, 0.3) is 16.0 Å². The average molecular weight is 557 g/mol. The molecule has 2 heterocycles. The number of pyridine rings is 1. The van der Waals surface area contributed by atoms with Crippen LogP contribution in [0.2, 0.25) is 0 Å². The summed E-state index contributed by atoms with van der Waals surface area (Å²) in [5, 5.41) is 16.9. The summed E-state index contributed by atoms with van der Waals surface area (Å²) in [5.74, 6) is -0.255. The first-order valence-corrected chi connectivity index (χ1v) is 14.6. The van der Waals surface area contributed by atoms with Gasteiger partial charge in [-0.25, -0.2) is 18.5 Å². The van der Waals surface area contributed by atoms with Gasteiger partial charge in [0.2, 0.25) is 5.88 Å². The molecule has 5 N–H and O–H groups in total. The molecule has 39 heavy (non-hydrogen) atoms. The van der Waals surface area contributed by atoms with Crippen molar-refractivity contribution in [3.8, 4) is 17.0 Å². The van der Waals surface area contributed by atoms with E-state index in [-0.39, 0.29) is 11.1 Å². The largest absolute Gasteiger partial charge is 0.481 e. The number of ether oxygens (including phenoxy) is 1. The van der Waals surface area contributed by atoms with Gasteiger partial charge < -0.3 is 20.5 Å². The standard InChI is InChI=1S/C25H32N6O3S.C2H4O2/c1-30(16-20-15-24(35(27,32)33)29-31(20)19-7-8-19)12-3-13-34-23-14-18(10-11-28-23)22-9-6-17-4-2-5-21(17)25(22)26;1-2(3)4/h6,9-11,14-15,19H,2-5,7-8,12-13,16,26H2,1H3,(H2,27,32,33);1H3,(H,3,4). The van der Waals surface area contributed by atoms with Crippen LogP contribution in [0.3, 0.4) is 0 Å². The molecule has 0 saturated heterocycles. The van der Waals surface area contributed by atoms with Crippen LogP contribution in [-0.4, -0.2) is 59.4 Å². The molecular weight excluding hydrogens is 520 g/mol. The Hall–Kier alpha value is -3.48. The second-order valence-electron chi connectivity index (χ2n) is 10.1. The fourth-order valence-corrected chi connectivity index (χ4v) is 5.27. The molecule has 3 aromatic rings. The van der Waals surface area contributed by atoms with Crippen LogP contribution < -0.4 is 15.6 Å². The zero-order chi connectivity index (χ0) is 28.2. The minimum Gasteiger partial charge on any atom is -0.481 e. The number of nitrogens with two attached hydrogens (primary N) is 2. The van der Waals surface area contributed by atoms with Gasteiger partial charge >= 0.3 is 0 Å². The van der Waals surface area contributed by atoms with Gasteiger partial charge in [0.1, 0.15) is 0 Å². The summed E-state index contributed by atoms with van der Waals surface area (Å²) in [5.41, 5.74) is 12.9. The van der Waals surface area contributed by atoms with Crippen molar-refractivity contribution in [3.05, 3.63) is 53.3 Å². The summed E-state index contributed by atoms with van der Waals surface area (Å²) in [7, 11) is -1.82. The molecule has 0 radical (unpaired) electrons. The highest BCUT2D eigenvalue weighted by molar-refractivity contribution is 7.89. The molecule has 2 aromatic heterocycles. The Morgan fingerprint density at radius 3 is 2.67 bits per heavy atom. The highest BCUT2D eigenvalue weighted by Crippen LogP contribution is 2.37. The number of nitrogen functional groups attached to an aromatic ring is 1. The smallest absolute Gasteiger partial charge is 0.300 e. The summed E-state index contributed by atoms with van der Waals surface area (Å²) in [6, 6.07) is 10.1. The van der Waals surface area contributed by atoms with E-state index >= 15 is 0 Å². The second-order valence-corrected chi connectivity index (χ2v) is 11.6. The molecule has 0 atom stereocenters. The molecule has 0 spiro atoms. The molecule has 0 amide bonds. The Balaban J connectivity index is 0.000000826. The van der Waals surface area contributed by atoms with E-state index in [0.717, 1.165) is 68.1 Å². The summed E-state index contributed by atoms with van der Waals surface area (Å²) >= 11 is 0. The zero-order valence-corrected chi connectivity index (χ0v) is 23.2. The number of hydrogen-bond donors (Lipinski definition) is 3. The number of benzene rings is 1. The summed E-state index contributed by atoms with van der Waals surface area (Å²) in [6.07, 6.45) is 7.89. The topological polar surface area (TPSA) is 167 Å². The number of aryl methyl sites for hydroxylation is 1. The van der Waals surface area contributed by atoms with Crippen LogP contribution in [0.25, 0.3) is 11.1 Å². The maximum Gasteiger partial charge on any atom is 0.300 e. The molecule has 2 aliphatic carbocycles. The zero-order valence-electron chi connectivity index (χ0n) is 22.3. The number of anilines is 1. The van der Waals surface area contributed by atoms with Crippen LogP contribution >= 0.6 is 0 Å². The second kappa shape index (κ2) is 12.1. The van der Waals surface area contributed by atoms with Crippen LogP contribution in [0.1, 0.15) is 55.5 Å². The lowest BCUT2D eigenvalue weighted by atomic mass is 9.98. The van der Waals surface area contributed by atoms with Crippen molar-refractivity contribution in [2.75, 3.05) is 25.9 Å². The fourth-order valence-electron chi connectivity index (χ4n) is 4.77. The molecule has 210 valence electrons. The molecule has 12 heteroatoms. The van der Waals surface area contributed by atoms with E-state index < -0.39 is 16.0 Å². The number of aliphatic carboxylic acids is 1. The first-order valence-electron chi connectivity index (χ1n) is 13.0. The lowest BCUT2D eigenvalue weighted by molar-refractivity contribution is -0.134. The lowest BCUT2D eigenvalue weighted by Gasteiger charge is -2.17. The monoisotopic (exact) mass is 556 g/mol. The predicted molar refractivity (Wildman–Crippen MR) is 148 cm³/mol. The van der Waals surface area contributed by atoms with Crippen LogP contribution in [0.4, 0.5) is 5.69 Å². The maximum atomic E-state index is 11.7. The highest BCUT2D eigenvalue weighted by atomic mass is 32.2. The minimum atomic E-state index is -3.81. The van der Waals surface area contributed by atoms with Crippen molar-refractivity contribution in [3.63, 3.8) is 0 Å². The van der Waals surface area contributed by atoms with Crippen molar-refractivity contribution >= 4 is 21.7 Å². The maximum absolute atomic E-state index is 11.7. The number of primary sulfonamides is 1. The number of sulfonamides is 1. The van der Waals surface area contributed by atoms with Gasteiger partial charge in [-0.15, -0.1) is 0 Å². The van der Waals surface area contributed by atoms with Crippen LogP contribution in [0.15, 0.2) is 41.6 Å². The van der Waals surface area contributed by atoms with E-state index in [9.17, 15) is 8.42 Å². The predicted octanol–water partition coefficient (Wildman–Crippen LogP) is 2.99. The third-order valence-electron chi connectivity index (χ3n) is 6.71. The Morgan fingerprint density at radius 2 is 1.97 bits per heavy atom. The van der Waals surface area contributed by atoms with Gasteiger partial charge in [0.05, 0.1) is 18.3 Å². The normalized spacial score (nSPS) is 14.6. The van der Waals surface area contributed by atoms with Crippen molar-refractivity contribution in [2.45, 2.75) is 63.1 Å². The van der Waals surface area contributed by atoms with Crippen LogP contribution in [0, 0.1) is 0 Å².